The molecular formula is C18H30N2O4. The van der Waals surface area contributed by atoms with Crippen molar-refractivity contribution >= 4 is 12.0 Å². The van der Waals surface area contributed by atoms with Crippen LogP contribution in [0.4, 0.5) is 4.79 Å². The molecule has 2 rings (SSSR count). The average Bonchev–Trinajstić information content (AvgIpc) is 3.00. The lowest BCUT2D eigenvalue weighted by Gasteiger charge is -2.31. The van der Waals surface area contributed by atoms with Crippen molar-refractivity contribution in [2.75, 3.05) is 33.4 Å². The zero-order chi connectivity index (χ0) is 17.8. The number of ether oxygens (including phenoxy) is 1. The number of hydrogen-bond acceptors (Lipinski definition) is 3. The number of carbonyl (C=O) groups is 2. The molecule has 1 aliphatic carbocycles. The number of urea groups is 1. The highest BCUT2D eigenvalue weighted by atomic mass is 16.5. The lowest BCUT2D eigenvalue weighted by Crippen LogP contribution is -2.45. The summed E-state index contributed by atoms with van der Waals surface area (Å²) in [5.74, 6) is -0.896. The van der Waals surface area contributed by atoms with Crippen molar-refractivity contribution < 1.29 is 19.4 Å². The predicted molar refractivity (Wildman–Crippen MR) is 91.9 cm³/mol. The van der Waals surface area contributed by atoms with Crippen molar-refractivity contribution in [3.63, 3.8) is 0 Å². The van der Waals surface area contributed by atoms with Gasteiger partial charge < -0.3 is 20.1 Å². The van der Waals surface area contributed by atoms with E-state index in [-0.39, 0.29) is 24.6 Å². The number of nitrogens with zero attached hydrogens (tertiary/aromatic N) is 1. The number of allylic oxidation sites excluding steroid dienone is 1. The minimum atomic E-state index is -0.979. The number of nitrogens with one attached hydrogen (secondary N) is 1. The second-order valence-electron chi connectivity index (χ2n) is 7.71. The van der Waals surface area contributed by atoms with Gasteiger partial charge in [-0.3, -0.25) is 4.79 Å². The van der Waals surface area contributed by atoms with Crippen LogP contribution in [0.5, 0.6) is 0 Å². The fourth-order valence-electron chi connectivity index (χ4n) is 3.65. The van der Waals surface area contributed by atoms with Crippen LogP contribution < -0.4 is 5.32 Å². The molecule has 0 aromatic heterocycles. The van der Waals surface area contributed by atoms with Crippen molar-refractivity contribution in [1.29, 1.82) is 0 Å². The molecule has 0 spiro atoms. The molecule has 1 atom stereocenters. The van der Waals surface area contributed by atoms with Gasteiger partial charge in [0.15, 0.2) is 0 Å². The van der Waals surface area contributed by atoms with Gasteiger partial charge in [-0.15, -0.1) is 0 Å². The first-order chi connectivity index (χ1) is 11.3. The Morgan fingerprint density at radius 3 is 2.75 bits per heavy atom. The van der Waals surface area contributed by atoms with E-state index in [0.717, 1.165) is 12.8 Å². The molecule has 0 aromatic rings. The molecule has 2 N–H and O–H groups in total. The first-order valence-electron chi connectivity index (χ1n) is 8.75. The molecule has 24 heavy (non-hydrogen) atoms. The monoisotopic (exact) mass is 338 g/mol. The van der Waals surface area contributed by atoms with Gasteiger partial charge in [0.05, 0.1) is 6.61 Å². The van der Waals surface area contributed by atoms with Crippen LogP contribution in [0.15, 0.2) is 11.6 Å². The number of amides is 2. The van der Waals surface area contributed by atoms with Crippen LogP contribution in [0.2, 0.25) is 0 Å². The van der Waals surface area contributed by atoms with E-state index < -0.39 is 11.4 Å². The largest absolute Gasteiger partial charge is 0.481 e. The normalized spacial score (nSPS) is 24.6. The summed E-state index contributed by atoms with van der Waals surface area (Å²) in [4.78, 5) is 25.6. The van der Waals surface area contributed by atoms with Crippen molar-refractivity contribution in [3.8, 4) is 0 Å². The van der Waals surface area contributed by atoms with E-state index in [1.54, 1.807) is 4.90 Å². The lowest BCUT2D eigenvalue weighted by molar-refractivity contribution is -0.151. The number of aliphatic carboxylic acids is 1. The summed E-state index contributed by atoms with van der Waals surface area (Å²) in [7, 11) is 1.49. The molecule has 1 unspecified atom stereocenters. The van der Waals surface area contributed by atoms with Crippen molar-refractivity contribution in [2.45, 2.75) is 46.0 Å². The SMILES string of the molecule is COCC1(C(=O)O)CCN(C(=O)NCC(C)(C)C2=CCCCC2)C1. The lowest BCUT2D eigenvalue weighted by atomic mass is 9.78. The third-order valence-electron chi connectivity index (χ3n) is 5.36. The summed E-state index contributed by atoms with van der Waals surface area (Å²) in [6.45, 7) is 5.65. The number of likely N-dealkylation sites (tertiary alicyclic amines) is 1. The topological polar surface area (TPSA) is 78.9 Å². The van der Waals surface area contributed by atoms with Crippen LogP contribution in [0.1, 0.15) is 46.0 Å². The summed E-state index contributed by atoms with van der Waals surface area (Å²) in [6, 6.07) is -0.182. The Kier molecular flexibility index (Phi) is 5.91. The van der Waals surface area contributed by atoms with Gasteiger partial charge in [-0.1, -0.05) is 25.5 Å². The summed E-state index contributed by atoms with van der Waals surface area (Å²) in [6.07, 6.45) is 7.42. The van der Waals surface area contributed by atoms with E-state index in [9.17, 15) is 14.7 Å². The van der Waals surface area contributed by atoms with Gasteiger partial charge in [-0.05, 0) is 32.1 Å². The Hall–Kier alpha value is -1.56. The molecule has 2 aliphatic rings. The number of hydrogen-bond donors (Lipinski definition) is 2. The molecule has 0 aromatic carbocycles. The molecule has 1 aliphatic heterocycles. The second kappa shape index (κ2) is 7.55. The Bertz CT molecular complexity index is 515. The molecule has 0 saturated carbocycles. The molecule has 0 bridgehead atoms. The van der Waals surface area contributed by atoms with E-state index >= 15 is 0 Å². The highest BCUT2D eigenvalue weighted by Crippen LogP contribution is 2.34. The van der Waals surface area contributed by atoms with Crippen molar-refractivity contribution in [2.24, 2.45) is 10.8 Å². The number of methoxy groups -OCH3 is 1. The molecule has 2 amide bonds. The maximum atomic E-state index is 12.5. The van der Waals surface area contributed by atoms with Crippen LogP contribution >= 0.6 is 0 Å². The van der Waals surface area contributed by atoms with E-state index in [1.165, 1.54) is 25.5 Å². The van der Waals surface area contributed by atoms with E-state index in [4.69, 9.17) is 4.74 Å². The first-order valence-corrected chi connectivity index (χ1v) is 8.75. The zero-order valence-corrected chi connectivity index (χ0v) is 15.1. The number of carboxylic acids is 1. The Balaban J connectivity index is 1.91. The maximum Gasteiger partial charge on any atom is 0.317 e. The van der Waals surface area contributed by atoms with Crippen LogP contribution in [-0.4, -0.2) is 55.4 Å². The summed E-state index contributed by atoms with van der Waals surface area (Å²) in [5, 5.41) is 12.5. The fraction of sp³-hybridized carbons (Fsp3) is 0.778. The zero-order valence-electron chi connectivity index (χ0n) is 15.1. The second-order valence-corrected chi connectivity index (χ2v) is 7.71. The quantitative estimate of drug-likeness (QED) is 0.730. The van der Waals surface area contributed by atoms with E-state index in [1.807, 2.05) is 0 Å². The molecule has 1 saturated heterocycles. The molecule has 6 nitrogen and oxygen atoms in total. The maximum absolute atomic E-state index is 12.5. The highest BCUT2D eigenvalue weighted by Gasteiger charge is 2.46. The van der Waals surface area contributed by atoms with Crippen LogP contribution in [0.25, 0.3) is 0 Å². The molecule has 1 heterocycles. The minimum absolute atomic E-state index is 0.0633. The fourth-order valence-corrected chi connectivity index (χ4v) is 3.65. The standard InChI is InChI=1S/C18H30N2O4/c1-17(2,14-7-5-4-6-8-14)11-19-16(23)20-10-9-18(12-20,13-24-3)15(21)22/h7H,4-6,8-13H2,1-3H3,(H,19,23)(H,21,22). The van der Waals surface area contributed by atoms with Gasteiger partial charge in [0.1, 0.15) is 5.41 Å². The highest BCUT2D eigenvalue weighted by molar-refractivity contribution is 5.80. The number of carbonyl (C=O) groups excluding carboxylic acids is 1. The molecular weight excluding hydrogens is 308 g/mol. The van der Waals surface area contributed by atoms with Gasteiger partial charge >= 0.3 is 12.0 Å². The summed E-state index contributed by atoms with van der Waals surface area (Å²) < 4.78 is 5.07. The number of rotatable bonds is 6. The molecule has 0 radical (unpaired) electrons. The smallest absolute Gasteiger partial charge is 0.317 e. The van der Waals surface area contributed by atoms with Gasteiger partial charge in [-0.25, -0.2) is 4.79 Å². The van der Waals surface area contributed by atoms with Gasteiger partial charge in [-0.2, -0.15) is 0 Å². The number of carboxylic acid groups (broad SMARTS) is 1. The summed E-state index contributed by atoms with van der Waals surface area (Å²) in [5.41, 5.74) is 0.370. The molecule has 1 fully saturated rings. The van der Waals surface area contributed by atoms with Crippen LogP contribution in [-0.2, 0) is 9.53 Å². The van der Waals surface area contributed by atoms with E-state index in [0.29, 0.717) is 19.5 Å². The third kappa shape index (κ3) is 4.09. The summed E-state index contributed by atoms with van der Waals surface area (Å²) >= 11 is 0. The Morgan fingerprint density at radius 1 is 1.42 bits per heavy atom. The van der Waals surface area contributed by atoms with Crippen molar-refractivity contribution in [1.82, 2.24) is 10.2 Å². The Morgan fingerprint density at radius 2 is 2.17 bits per heavy atom. The van der Waals surface area contributed by atoms with E-state index in [2.05, 4.69) is 25.2 Å². The predicted octanol–water partition coefficient (Wildman–Crippen LogP) is 2.65. The molecule has 6 heteroatoms. The van der Waals surface area contributed by atoms with Crippen LogP contribution in [0, 0.1) is 10.8 Å². The van der Waals surface area contributed by atoms with Crippen LogP contribution in [0.3, 0.4) is 0 Å². The van der Waals surface area contributed by atoms with Gasteiger partial charge in [0.25, 0.3) is 0 Å². The van der Waals surface area contributed by atoms with Gasteiger partial charge in [0.2, 0.25) is 0 Å². The average molecular weight is 338 g/mol. The third-order valence-corrected chi connectivity index (χ3v) is 5.36. The molecule has 136 valence electrons. The van der Waals surface area contributed by atoms with Crippen molar-refractivity contribution in [3.05, 3.63) is 11.6 Å². The first kappa shape index (κ1) is 18.8. The Labute approximate surface area is 144 Å². The minimum Gasteiger partial charge on any atom is -0.481 e. The van der Waals surface area contributed by atoms with Gasteiger partial charge in [0, 0.05) is 32.2 Å².